The molecule has 1 aliphatic carbocycles. The summed E-state index contributed by atoms with van der Waals surface area (Å²) in [5.41, 5.74) is 1.22. The lowest BCUT2D eigenvalue weighted by Gasteiger charge is -2.36. The van der Waals surface area contributed by atoms with E-state index in [1.807, 2.05) is 12.1 Å². The first-order chi connectivity index (χ1) is 10.1. The van der Waals surface area contributed by atoms with E-state index >= 15 is 0 Å². The van der Waals surface area contributed by atoms with E-state index in [2.05, 4.69) is 11.8 Å². The monoisotopic (exact) mass is 289 g/mol. The van der Waals surface area contributed by atoms with Crippen molar-refractivity contribution in [3.8, 4) is 5.75 Å². The molecule has 1 saturated carbocycles. The van der Waals surface area contributed by atoms with E-state index in [9.17, 15) is 9.90 Å². The maximum atomic E-state index is 11.3. The molecule has 2 aliphatic rings. The van der Waals surface area contributed by atoms with E-state index < -0.39 is 5.97 Å². The average Bonchev–Trinajstić information content (AvgIpc) is 2.49. The zero-order valence-corrected chi connectivity index (χ0v) is 12.5. The Morgan fingerprint density at radius 1 is 1.33 bits per heavy atom. The molecule has 0 aromatic heterocycles. The number of carbonyl (C=O) groups is 1. The highest BCUT2D eigenvalue weighted by Gasteiger charge is 2.26. The molecule has 4 heteroatoms. The predicted octanol–water partition coefficient (Wildman–Crippen LogP) is 3.41. The molecule has 1 fully saturated rings. The third-order valence-electron chi connectivity index (χ3n) is 4.79. The lowest BCUT2D eigenvalue weighted by atomic mass is 9.82. The van der Waals surface area contributed by atoms with Crippen molar-refractivity contribution in [2.24, 2.45) is 11.8 Å². The Morgan fingerprint density at radius 3 is 2.81 bits per heavy atom. The van der Waals surface area contributed by atoms with Crippen LogP contribution in [0.25, 0.3) is 0 Å². The van der Waals surface area contributed by atoms with Crippen LogP contribution >= 0.6 is 0 Å². The quantitative estimate of drug-likeness (QED) is 0.926. The number of nitrogens with zero attached hydrogens (tertiary/aromatic N) is 1. The van der Waals surface area contributed by atoms with Gasteiger partial charge in [0.25, 0.3) is 0 Å². The Hall–Kier alpha value is -1.71. The van der Waals surface area contributed by atoms with Gasteiger partial charge in [-0.25, -0.2) is 4.79 Å². The highest BCUT2D eigenvalue weighted by Crippen LogP contribution is 2.37. The van der Waals surface area contributed by atoms with E-state index in [-0.39, 0.29) is 5.56 Å². The van der Waals surface area contributed by atoms with Gasteiger partial charge in [0, 0.05) is 6.54 Å². The van der Waals surface area contributed by atoms with Crippen LogP contribution in [0.3, 0.4) is 0 Å². The van der Waals surface area contributed by atoms with Crippen LogP contribution in [-0.2, 0) is 0 Å². The fraction of sp³-hybridized carbons (Fsp3) is 0.588. The number of ether oxygens (including phenoxy) is 1. The summed E-state index contributed by atoms with van der Waals surface area (Å²) in [6, 6.07) is 5.41. The molecule has 1 aromatic carbocycles. The van der Waals surface area contributed by atoms with Crippen molar-refractivity contribution >= 4 is 11.7 Å². The molecule has 1 aromatic rings. The topological polar surface area (TPSA) is 49.8 Å². The number of anilines is 1. The van der Waals surface area contributed by atoms with Gasteiger partial charge in [-0.3, -0.25) is 0 Å². The van der Waals surface area contributed by atoms with Crippen molar-refractivity contribution in [3.63, 3.8) is 0 Å². The Morgan fingerprint density at radius 2 is 2.10 bits per heavy atom. The molecule has 114 valence electrons. The number of hydrogen-bond acceptors (Lipinski definition) is 3. The minimum atomic E-state index is -0.916. The van der Waals surface area contributed by atoms with Gasteiger partial charge in [0.2, 0.25) is 0 Å². The van der Waals surface area contributed by atoms with Gasteiger partial charge in [-0.2, -0.15) is 0 Å². The van der Waals surface area contributed by atoms with Crippen LogP contribution in [0, 0.1) is 11.8 Å². The molecule has 0 atom stereocenters. The van der Waals surface area contributed by atoms with Gasteiger partial charge in [0.1, 0.15) is 12.2 Å². The van der Waals surface area contributed by atoms with E-state index in [1.165, 1.54) is 25.7 Å². The number of hydrogen-bond donors (Lipinski definition) is 1. The fourth-order valence-corrected chi connectivity index (χ4v) is 3.49. The number of fused-ring (bicyclic) bond motifs is 1. The molecule has 0 bridgehead atoms. The Labute approximate surface area is 125 Å². The third-order valence-corrected chi connectivity index (χ3v) is 4.79. The summed E-state index contributed by atoms with van der Waals surface area (Å²) in [6.07, 6.45) is 5.20. The van der Waals surface area contributed by atoms with Crippen LogP contribution < -0.4 is 9.64 Å². The molecule has 0 spiro atoms. The third kappa shape index (κ3) is 2.99. The number of para-hydroxylation sites is 1. The summed E-state index contributed by atoms with van der Waals surface area (Å²) in [6.45, 7) is 4.77. The molecule has 0 radical (unpaired) electrons. The molecule has 3 rings (SSSR count). The normalized spacial score (nSPS) is 25.1. The van der Waals surface area contributed by atoms with Gasteiger partial charge in [-0.05, 0) is 36.8 Å². The average molecular weight is 289 g/mol. The Balaban J connectivity index is 1.78. The van der Waals surface area contributed by atoms with Gasteiger partial charge < -0.3 is 14.7 Å². The Kier molecular flexibility index (Phi) is 4.04. The zero-order valence-electron chi connectivity index (χ0n) is 12.5. The summed E-state index contributed by atoms with van der Waals surface area (Å²) in [7, 11) is 0. The van der Waals surface area contributed by atoms with Gasteiger partial charge >= 0.3 is 5.97 Å². The van der Waals surface area contributed by atoms with E-state index in [1.54, 1.807) is 6.07 Å². The van der Waals surface area contributed by atoms with Gasteiger partial charge in [-0.15, -0.1) is 0 Å². The first kappa shape index (κ1) is 14.2. The smallest absolute Gasteiger partial charge is 0.339 e. The second kappa shape index (κ2) is 5.96. The van der Waals surface area contributed by atoms with Crippen LogP contribution in [0.1, 0.15) is 43.0 Å². The fourth-order valence-electron chi connectivity index (χ4n) is 3.49. The molecular formula is C17H23NO3. The zero-order chi connectivity index (χ0) is 14.8. The summed E-state index contributed by atoms with van der Waals surface area (Å²) in [5.74, 6) is 1.21. The van der Waals surface area contributed by atoms with E-state index in [0.29, 0.717) is 12.4 Å². The molecule has 4 nitrogen and oxygen atoms in total. The first-order valence-corrected chi connectivity index (χ1v) is 7.89. The molecule has 21 heavy (non-hydrogen) atoms. The number of aromatic carboxylic acids is 1. The maximum Gasteiger partial charge on any atom is 0.339 e. The largest absolute Gasteiger partial charge is 0.489 e. The molecule has 1 aliphatic heterocycles. The highest BCUT2D eigenvalue weighted by atomic mass is 16.5. The second-order valence-electron chi connectivity index (χ2n) is 6.38. The van der Waals surface area contributed by atoms with Crippen LogP contribution in [0.4, 0.5) is 5.69 Å². The number of carboxylic acid groups (broad SMARTS) is 1. The molecule has 1 N–H and O–H groups in total. The van der Waals surface area contributed by atoms with Crippen molar-refractivity contribution in [3.05, 3.63) is 23.8 Å². The minimum Gasteiger partial charge on any atom is -0.489 e. The predicted molar refractivity (Wildman–Crippen MR) is 82.2 cm³/mol. The molecular weight excluding hydrogens is 266 g/mol. The number of carboxylic acids is 1. The van der Waals surface area contributed by atoms with Gasteiger partial charge in [0.15, 0.2) is 5.75 Å². The van der Waals surface area contributed by atoms with Gasteiger partial charge in [-0.1, -0.05) is 25.8 Å². The van der Waals surface area contributed by atoms with E-state index in [4.69, 9.17) is 4.74 Å². The van der Waals surface area contributed by atoms with Crippen LogP contribution in [0.2, 0.25) is 0 Å². The summed E-state index contributed by atoms with van der Waals surface area (Å²) < 4.78 is 5.63. The van der Waals surface area contributed by atoms with Crippen LogP contribution in [0.5, 0.6) is 5.75 Å². The summed E-state index contributed by atoms with van der Waals surface area (Å²) in [5, 5.41) is 9.28. The SMILES string of the molecule is CC1CCC(CN2CCOc3c(C(=O)O)cccc32)CC1. The van der Waals surface area contributed by atoms with Crippen molar-refractivity contribution in [1.82, 2.24) is 0 Å². The van der Waals surface area contributed by atoms with Gasteiger partial charge in [0.05, 0.1) is 12.2 Å². The second-order valence-corrected chi connectivity index (χ2v) is 6.38. The maximum absolute atomic E-state index is 11.3. The van der Waals surface area contributed by atoms with Crippen LogP contribution in [-0.4, -0.2) is 30.8 Å². The molecule has 0 unspecified atom stereocenters. The number of rotatable bonds is 3. The lowest BCUT2D eigenvalue weighted by Crippen LogP contribution is -2.37. The van der Waals surface area contributed by atoms with Crippen molar-refractivity contribution in [2.45, 2.75) is 32.6 Å². The minimum absolute atomic E-state index is 0.273. The van der Waals surface area contributed by atoms with E-state index in [0.717, 1.165) is 30.6 Å². The van der Waals surface area contributed by atoms with Crippen LogP contribution in [0.15, 0.2) is 18.2 Å². The number of benzene rings is 1. The lowest BCUT2D eigenvalue weighted by molar-refractivity contribution is 0.0692. The van der Waals surface area contributed by atoms with Crippen molar-refractivity contribution < 1.29 is 14.6 Å². The standard InChI is InChI=1S/C17H23NO3/c1-12-5-7-13(8-6-12)11-18-9-10-21-16-14(17(19)20)3-2-4-15(16)18/h2-4,12-13H,5-11H2,1H3,(H,19,20). The van der Waals surface area contributed by atoms with Crippen molar-refractivity contribution in [2.75, 3.05) is 24.6 Å². The summed E-state index contributed by atoms with van der Waals surface area (Å²) >= 11 is 0. The Bertz CT molecular complexity index is 521. The van der Waals surface area contributed by atoms with Crippen molar-refractivity contribution in [1.29, 1.82) is 0 Å². The summed E-state index contributed by atoms with van der Waals surface area (Å²) in [4.78, 5) is 13.6. The highest BCUT2D eigenvalue weighted by molar-refractivity contribution is 5.93. The molecule has 0 amide bonds. The molecule has 0 saturated heterocycles. The first-order valence-electron chi connectivity index (χ1n) is 7.89. The molecule has 1 heterocycles.